The van der Waals surface area contributed by atoms with Crippen molar-refractivity contribution < 1.29 is 9.84 Å². The van der Waals surface area contributed by atoms with Crippen LogP contribution in [0.5, 0.6) is 5.75 Å². The molecule has 1 saturated carbocycles. The lowest BCUT2D eigenvalue weighted by Gasteiger charge is -2.65. The maximum absolute atomic E-state index is 10.1. The molecule has 0 spiro atoms. The Hall–Kier alpha value is -1.10. The zero-order chi connectivity index (χ0) is 16.5. The largest absolute Gasteiger partial charge is 0.508 e. The molecule has 5 rings (SSSR count). The van der Waals surface area contributed by atoms with Crippen LogP contribution in [-0.2, 0) is 16.6 Å². The van der Waals surface area contributed by atoms with Gasteiger partial charge in [0.05, 0.1) is 12.2 Å². The normalized spacial score (nSPS) is 41.6. The molecule has 0 amide bonds. The maximum Gasteiger partial charge on any atom is 0.115 e. The fraction of sp³-hybridized carbons (Fsp3) is 0.700. The molecule has 1 aromatic rings. The molecule has 24 heavy (non-hydrogen) atoms. The molecular formula is C20H28N2O2. The number of ether oxygens (including phenoxy) is 1. The maximum atomic E-state index is 10.1. The van der Waals surface area contributed by atoms with Crippen molar-refractivity contribution in [3.63, 3.8) is 0 Å². The van der Waals surface area contributed by atoms with E-state index >= 15 is 0 Å². The van der Waals surface area contributed by atoms with Crippen LogP contribution in [-0.4, -0.2) is 47.4 Å². The minimum atomic E-state index is -0.198. The summed E-state index contributed by atoms with van der Waals surface area (Å²) >= 11 is 0. The number of hydrogen-bond donors (Lipinski definition) is 2. The Morgan fingerprint density at radius 1 is 1.38 bits per heavy atom. The molecule has 0 radical (unpaired) electrons. The van der Waals surface area contributed by atoms with Gasteiger partial charge in [0.2, 0.25) is 0 Å². The van der Waals surface area contributed by atoms with E-state index in [-0.39, 0.29) is 17.1 Å². The molecule has 2 aliphatic carbocycles. The second kappa shape index (κ2) is 4.96. The Kier molecular flexibility index (Phi) is 3.14. The van der Waals surface area contributed by atoms with Crippen LogP contribution in [0.1, 0.15) is 43.7 Å². The van der Waals surface area contributed by atoms with E-state index in [9.17, 15) is 5.11 Å². The minimum absolute atomic E-state index is 0.0539. The molecule has 4 heteroatoms. The Morgan fingerprint density at radius 2 is 2.21 bits per heavy atom. The summed E-state index contributed by atoms with van der Waals surface area (Å²) in [6.45, 7) is 5.32. The monoisotopic (exact) mass is 328 g/mol. The number of phenols is 1. The average Bonchev–Trinajstić information content (AvgIpc) is 3.36. The fourth-order valence-corrected chi connectivity index (χ4v) is 5.81. The van der Waals surface area contributed by atoms with Crippen LogP contribution in [0.2, 0.25) is 0 Å². The number of phenolic OH excluding ortho intramolecular Hbond substituents is 1. The number of nitrogens with zero attached hydrogens (tertiary/aromatic N) is 1. The highest BCUT2D eigenvalue weighted by Crippen LogP contribution is 2.57. The molecule has 130 valence electrons. The molecule has 2 bridgehead atoms. The van der Waals surface area contributed by atoms with Crippen LogP contribution >= 0.6 is 0 Å². The van der Waals surface area contributed by atoms with Gasteiger partial charge in [0.15, 0.2) is 0 Å². The fourth-order valence-electron chi connectivity index (χ4n) is 5.81. The van der Waals surface area contributed by atoms with Crippen molar-refractivity contribution in [3.8, 4) is 5.75 Å². The van der Waals surface area contributed by atoms with E-state index in [2.05, 4.69) is 17.9 Å². The van der Waals surface area contributed by atoms with Crippen LogP contribution in [0.3, 0.4) is 0 Å². The standard InChI is InChI=1S/C20H28N2O2/c1-19-18-8-14-4-5-16(23)9-17(14)20(19,10-15(21)12-24-19)6-7-22(18)11-13-2-3-13/h4-5,9,13,15,18,23H,2-3,6-8,10-12,21H2,1H3/t15?,18-,19?,20-/m1/s1. The molecule has 4 atom stereocenters. The molecule has 1 aromatic carbocycles. The van der Waals surface area contributed by atoms with E-state index in [0.29, 0.717) is 18.4 Å². The second-order valence-electron chi connectivity index (χ2n) is 8.71. The van der Waals surface area contributed by atoms with Gasteiger partial charge in [-0.05, 0) is 74.8 Å². The van der Waals surface area contributed by atoms with Crippen LogP contribution in [0.15, 0.2) is 18.2 Å². The first-order chi connectivity index (χ1) is 11.5. The highest BCUT2D eigenvalue weighted by atomic mass is 16.5. The predicted molar refractivity (Wildman–Crippen MR) is 93.1 cm³/mol. The van der Waals surface area contributed by atoms with Gasteiger partial charge in [-0.15, -0.1) is 0 Å². The van der Waals surface area contributed by atoms with Crippen LogP contribution in [0, 0.1) is 5.92 Å². The second-order valence-corrected chi connectivity index (χ2v) is 8.71. The third kappa shape index (κ3) is 1.97. The van der Waals surface area contributed by atoms with Gasteiger partial charge in [0.1, 0.15) is 5.75 Å². The number of aromatic hydroxyl groups is 1. The lowest BCUT2D eigenvalue weighted by atomic mass is 9.52. The van der Waals surface area contributed by atoms with Crippen LogP contribution < -0.4 is 5.73 Å². The average molecular weight is 328 g/mol. The quantitative estimate of drug-likeness (QED) is 0.874. The van der Waals surface area contributed by atoms with Crippen LogP contribution in [0.25, 0.3) is 0 Å². The van der Waals surface area contributed by atoms with E-state index in [1.54, 1.807) is 0 Å². The van der Waals surface area contributed by atoms with Gasteiger partial charge in [0, 0.05) is 24.0 Å². The van der Waals surface area contributed by atoms with Crippen molar-refractivity contribution >= 4 is 0 Å². The number of rotatable bonds is 2. The summed E-state index contributed by atoms with van der Waals surface area (Å²) in [7, 11) is 0. The predicted octanol–water partition coefficient (Wildman–Crippen LogP) is 2.18. The lowest BCUT2D eigenvalue weighted by Crippen LogP contribution is -2.74. The lowest BCUT2D eigenvalue weighted by molar-refractivity contribution is -0.202. The summed E-state index contributed by atoms with van der Waals surface area (Å²) in [4.78, 5) is 2.70. The number of hydrogen-bond acceptors (Lipinski definition) is 4. The van der Waals surface area contributed by atoms with E-state index < -0.39 is 0 Å². The molecule has 3 N–H and O–H groups in total. The molecule has 2 aliphatic heterocycles. The van der Waals surface area contributed by atoms with Crippen molar-refractivity contribution in [2.75, 3.05) is 19.7 Å². The molecular weight excluding hydrogens is 300 g/mol. The first-order valence-corrected chi connectivity index (χ1v) is 9.48. The Bertz CT molecular complexity index is 674. The third-order valence-corrected chi connectivity index (χ3v) is 7.27. The zero-order valence-electron chi connectivity index (χ0n) is 14.5. The van der Waals surface area contributed by atoms with Gasteiger partial charge < -0.3 is 15.6 Å². The summed E-state index contributed by atoms with van der Waals surface area (Å²) in [5.74, 6) is 1.26. The summed E-state index contributed by atoms with van der Waals surface area (Å²) in [5, 5.41) is 10.1. The Balaban J connectivity index is 1.64. The van der Waals surface area contributed by atoms with Gasteiger partial charge in [-0.25, -0.2) is 0 Å². The van der Waals surface area contributed by atoms with Gasteiger partial charge in [-0.3, -0.25) is 4.90 Å². The summed E-state index contributed by atoms with van der Waals surface area (Å²) in [6, 6.07) is 6.46. The zero-order valence-corrected chi connectivity index (χ0v) is 14.5. The van der Waals surface area contributed by atoms with E-state index in [1.165, 1.54) is 30.5 Å². The van der Waals surface area contributed by atoms with Crippen molar-refractivity contribution in [3.05, 3.63) is 29.3 Å². The van der Waals surface area contributed by atoms with Crippen molar-refractivity contribution in [2.24, 2.45) is 11.7 Å². The van der Waals surface area contributed by atoms with Gasteiger partial charge in [-0.2, -0.15) is 0 Å². The molecule has 2 saturated heterocycles. The van der Waals surface area contributed by atoms with Gasteiger partial charge in [-0.1, -0.05) is 6.07 Å². The van der Waals surface area contributed by atoms with Crippen molar-refractivity contribution in [1.29, 1.82) is 0 Å². The molecule has 3 fully saturated rings. The number of benzene rings is 1. The highest BCUT2D eigenvalue weighted by Gasteiger charge is 2.64. The van der Waals surface area contributed by atoms with E-state index in [4.69, 9.17) is 10.5 Å². The van der Waals surface area contributed by atoms with Crippen molar-refractivity contribution in [2.45, 2.75) is 62.1 Å². The van der Waals surface area contributed by atoms with Crippen molar-refractivity contribution in [1.82, 2.24) is 4.90 Å². The molecule has 2 heterocycles. The summed E-state index contributed by atoms with van der Waals surface area (Å²) in [6.07, 6.45) is 5.85. The SMILES string of the molecule is CC12OCC(N)C[C@@]13CCN(CC1CC1)[C@@H]2Cc1ccc(O)cc13. The van der Waals surface area contributed by atoms with Gasteiger partial charge >= 0.3 is 0 Å². The first-order valence-electron chi connectivity index (χ1n) is 9.48. The third-order valence-electron chi connectivity index (χ3n) is 7.27. The van der Waals surface area contributed by atoms with Gasteiger partial charge in [0.25, 0.3) is 0 Å². The van der Waals surface area contributed by atoms with E-state index in [0.717, 1.165) is 31.7 Å². The number of piperidine rings is 1. The van der Waals surface area contributed by atoms with Crippen LogP contribution in [0.4, 0.5) is 0 Å². The molecule has 4 nitrogen and oxygen atoms in total. The molecule has 0 aromatic heterocycles. The number of likely N-dealkylation sites (tertiary alicyclic amines) is 1. The van der Waals surface area contributed by atoms with E-state index in [1.807, 2.05) is 12.1 Å². The minimum Gasteiger partial charge on any atom is -0.508 e. The number of nitrogens with two attached hydrogens (primary N) is 1. The summed E-state index contributed by atoms with van der Waals surface area (Å²) in [5.41, 5.74) is 8.78. The number of fused-ring (bicyclic) bond motifs is 1. The topological polar surface area (TPSA) is 58.7 Å². The Morgan fingerprint density at radius 3 is 3.00 bits per heavy atom. The molecule has 4 aliphatic rings. The smallest absolute Gasteiger partial charge is 0.115 e. The summed E-state index contributed by atoms with van der Waals surface area (Å²) < 4.78 is 6.52. The highest BCUT2D eigenvalue weighted by molar-refractivity contribution is 5.48. The molecule has 2 unspecified atom stereocenters. The Labute approximate surface area is 144 Å². The first kappa shape index (κ1) is 15.2.